The van der Waals surface area contributed by atoms with Gasteiger partial charge in [-0.25, -0.2) is 0 Å². The van der Waals surface area contributed by atoms with Crippen LogP contribution in [-0.4, -0.2) is 13.1 Å². The number of carboxylic acids is 1. The second kappa shape index (κ2) is 6.58. The monoisotopic (exact) mass is 417 g/mol. The predicted octanol–water partition coefficient (Wildman–Crippen LogP) is 5.41. The number of methoxy groups -OCH3 is 1. The van der Waals surface area contributed by atoms with Gasteiger partial charge in [0.1, 0.15) is 5.75 Å². The molecule has 0 saturated heterocycles. The van der Waals surface area contributed by atoms with Crippen LogP contribution >= 0.6 is 11.3 Å². The van der Waals surface area contributed by atoms with Crippen LogP contribution in [0.3, 0.4) is 0 Å². The molecule has 4 saturated carbocycles. The first-order valence-corrected chi connectivity index (χ1v) is 11.8. The van der Waals surface area contributed by atoms with Crippen LogP contribution in [0.2, 0.25) is 0 Å². The summed E-state index contributed by atoms with van der Waals surface area (Å²) < 4.78 is 5.92. The van der Waals surface area contributed by atoms with Crippen LogP contribution in [0.5, 0.6) is 5.75 Å². The fraction of sp³-hybridized carbons (Fsp3) is 0.423. The van der Waals surface area contributed by atoms with Crippen LogP contribution < -0.4 is 9.84 Å². The molecule has 0 atom stereocenters. The van der Waals surface area contributed by atoms with Crippen molar-refractivity contribution >= 4 is 28.1 Å². The summed E-state index contributed by atoms with van der Waals surface area (Å²) in [6.07, 6.45) is 8.21. The van der Waals surface area contributed by atoms with Gasteiger partial charge in [-0.3, -0.25) is 0 Å². The van der Waals surface area contributed by atoms with Gasteiger partial charge in [0.15, 0.2) is 0 Å². The largest absolute Gasteiger partial charge is 0.545 e. The second-order valence-corrected chi connectivity index (χ2v) is 10.7. The lowest BCUT2D eigenvalue weighted by Gasteiger charge is -2.57. The maximum atomic E-state index is 11.2. The maximum absolute atomic E-state index is 11.2. The maximum Gasteiger partial charge on any atom is 0.123 e. The van der Waals surface area contributed by atoms with Crippen molar-refractivity contribution in [2.24, 2.45) is 17.8 Å². The summed E-state index contributed by atoms with van der Waals surface area (Å²) in [5.74, 6) is 2.58. The van der Waals surface area contributed by atoms with Gasteiger partial charge < -0.3 is 14.6 Å². The number of carbonyl (C=O) groups is 1. The molecule has 0 unspecified atom stereocenters. The predicted molar refractivity (Wildman–Crippen MR) is 118 cm³/mol. The van der Waals surface area contributed by atoms with Crippen LogP contribution in [0.15, 0.2) is 41.8 Å². The lowest BCUT2D eigenvalue weighted by Crippen LogP contribution is -2.48. The Morgan fingerprint density at radius 2 is 1.70 bits per heavy atom. The highest BCUT2D eigenvalue weighted by molar-refractivity contribution is 7.13. The Morgan fingerprint density at radius 3 is 2.30 bits per heavy atom. The van der Waals surface area contributed by atoms with E-state index >= 15 is 0 Å². The minimum Gasteiger partial charge on any atom is -0.545 e. The topological polar surface area (TPSA) is 49.4 Å². The van der Waals surface area contributed by atoms with Crippen molar-refractivity contribution < 1.29 is 14.6 Å². The lowest BCUT2D eigenvalue weighted by atomic mass is 9.48. The fourth-order valence-electron chi connectivity index (χ4n) is 7.05. The number of ether oxygens (including phenoxy) is 1. The van der Waals surface area contributed by atoms with E-state index in [1.807, 2.05) is 0 Å². The first kappa shape index (κ1) is 18.4. The van der Waals surface area contributed by atoms with Crippen molar-refractivity contribution in [1.29, 1.82) is 0 Å². The van der Waals surface area contributed by atoms with Crippen molar-refractivity contribution in [3.05, 3.63) is 52.9 Å². The Labute approximate surface area is 180 Å². The normalized spacial score (nSPS) is 29.4. The Morgan fingerprint density at radius 1 is 1.00 bits per heavy atom. The van der Waals surface area contributed by atoms with E-state index in [0.717, 1.165) is 33.9 Å². The molecule has 154 valence electrons. The molecule has 0 aliphatic heterocycles. The molecule has 4 fully saturated rings. The molecule has 4 aliphatic carbocycles. The third kappa shape index (κ3) is 2.80. The molecule has 0 spiro atoms. The number of hydrogen-bond acceptors (Lipinski definition) is 4. The Bertz CT molecular complexity index is 1120. The van der Waals surface area contributed by atoms with Crippen molar-refractivity contribution in [1.82, 2.24) is 0 Å². The summed E-state index contributed by atoms with van der Waals surface area (Å²) >= 11 is 1.45. The van der Waals surface area contributed by atoms with E-state index < -0.39 is 5.97 Å². The molecule has 4 bridgehead atoms. The van der Waals surface area contributed by atoms with Gasteiger partial charge in [0.2, 0.25) is 0 Å². The highest BCUT2D eigenvalue weighted by atomic mass is 32.1. The SMILES string of the molecule is COc1cc2ccc(-c3cc(C(=O)[O-])cs3)cc2cc1C12CC3CC(CC(C3)C1)C2. The van der Waals surface area contributed by atoms with E-state index in [2.05, 4.69) is 30.3 Å². The van der Waals surface area contributed by atoms with Gasteiger partial charge in [-0.1, -0.05) is 12.1 Å². The van der Waals surface area contributed by atoms with Gasteiger partial charge in [-0.2, -0.15) is 0 Å². The summed E-state index contributed by atoms with van der Waals surface area (Å²) in [6, 6.07) is 12.7. The molecule has 1 aromatic heterocycles. The molecule has 3 nitrogen and oxygen atoms in total. The summed E-state index contributed by atoms with van der Waals surface area (Å²) in [5, 5.41) is 15.2. The lowest BCUT2D eigenvalue weighted by molar-refractivity contribution is -0.255. The average molecular weight is 418 g/mol. The highest BCUT2D eigenvalue weighted by Gasteiger charge is 2.52. The number of carboxylic acid groups (broad SMARTS) is 1. The Hall–Kier alpha value is -2.33. The molecule has 0 amide bonds. The van der Waals surface area contributed by atoms with Crippen LogP contribution in [0.4, 0.5) is 0 Å². The van der Waals surface area contributed by atoms with E-state index in [4.69, 9.17) is 4.74 Å². The number of carbonyl (C=O) groups excluding carboxylic acids is 1. The van der Waals surface area contributed by atoms with Crippen molar-refractivity contribution in [2.45, 2.75) is 43.9 Å². The van der Waals surface area contributed by atoms with Gasteiger partial charge in [0, 0.05) is 21.4 Å². The molecule has 0 N–H and O–H groups in total. The molecule has 1 heterocycles. The number of hydrogen-bond donors (Lipinski definition) is 0. The van der Waals surface area contributed by atoms with Crippen molar-refractivity contribution in [2.75, 3.05) is 7.11 Å². The van der Waals surface area contributed by atoms with Gasteiger partial charge in [0.05, 0.1) is 13.1 Å². The standard InChI is InChI=1S/C26H26O3S/c1-29-23-9-18-2-3-19(24-10-21(14-30-24)25(27)28)7-20(18)8-22(23)26-11-15-4-16(12-26)6-17(5-15)13-26/h2-3,7-10,14-17H,4-6,11-13H2,1H3,(H,27,28)/p-1. The zero-order valence-corrected chi connectivity index (χ0v) is 18.0. The first-order chi connectivity index (χ1) is 14.5. The number of aromatic carboxylic acids is 1. The van der Waals surface area contributed by atoms with Crippen LogP contribution in [0.25, 0.3) is 21.2 Å². The Kier molecular flexibility index (Phi) is 4.05. The minimum absolute atomic E-state index is 0.249. The van der Waals surface area contributed by atoms with Crippen LogP contribution in [0, 0.1) is 17.8 Å². The molecule has 2 aromatic carbocycles. The van der Waals surface area contributed by atoms with E-state index in [0.29, 0.717) is 0 Å². The van der Waals surface area contributed by atoms with E-state index in [9.17, 15) is 9.90 Å². The summed E-state index contributed by atoms with van der Waals surface area (Å²) in [4.78, 5) is 12.1. The molecular weight excluding hydrogens is 392 g/mol. The summed E-state index contributed by atoms with van der Waals surface area (Å²) in [7, 11) is 1.80. The van der Waals surface area contributed by atoms with Crippen molar-refractivity contribution in [3.63, 3.8) is 0 Å². The molecule has 7 rings (SSSR count). The number of thiophene rings is 1. The summed E-state index contributed by atoms with van der Waals surface area (Å²) in [5.41, 5.74) is 2.98. The molecule has 3 aromatic rings. The van der Waals surface area contributed by atoms with E-state index in [1.54, 1.807) is 18.6 Å². The quantitative estimate of drug-likeness (QED) is 0.570. The zero-order valence-electron chi connectivity index (χ0n) is 17.1. The highest BCUT2D eigenvalue weighted by Crippen LogP contribution is 2.62. The number of benzene rings is 2. The second-order valence-electron chi connectivity index (χ2n) is 9.80. The fourth-order valence-corrected chi connectivity index (χ4v) is 7.92. The number of rotatable bonds is 4. The Balaban J connectivity index is 1.46. The molecule has 4 heteroatoms. The number of fused-ring (bicyclic) bond motifs is 1. The third-order valence-corrected chi connectivity index (χ3v) is 8.87. The van der Waals surface area contributed by atoms with Gasteiger partial charge >= 0.3 is 0 Å². The van der Waals surface area contributed by atoms with Gasteiger partial charge in [-0.15, -0.1) is 11.3 Å². The average Bonchev–Trinajstić information content (AvgIpc) is 3.22. The minimum atomic E-state index is -1.12. The van der Waals surface area contributed by atoms with Crippen LogP contribution in [0.1, 0.15) is 54.4 Å². The molecule has 30 heavy (non-hydrogen) atoms. The van der Waals surface area contributed by atoms with Gasteiger partial charge in [0.25, 0.3) is 0 Å². The zero-order chi connectivity index (χ0) is 20.5. The summed E-state index contributed by atoms with van der Waals surface area (Å²) in [6.45, 7) is 0. The molecule has 4 aliphatic rings. The smallest absolute Gasteiger partial charge is 0.123 e. The molecule has 0 radical (unpaired) electrons. The first-order valence-electron chi connectivity index (χ1n) is 11.0. The molecular formula is C26H25O3S-. The van der Waals surface area contributed by atoms with Gasteiger partial charge in [-0.05, 0) is 102 Å². The van der Waals surface area contributed by atoms with Crippen LogP contribution in [-0.2, 0) is 5.41 Å². The third-order valence-electron chi connectivity index (χ3n) is 7.89. The van der Waals surface area contributed by atoms with Crippen molar-refractivity contribution in [3.8, 4) is 16.2 Å². The van der Waals surface area contributed by atoms with E-state index in [1.165, 1.54) is 66.2 Å². The van der Waals surface area contributed by atoms with E-state index in [-0.39, 0.29) is 11.0 Å².